The topological polar surface area (TPSA) is 28.3 Å². The molecule has 274 valence electrons. The van der Waals surface area contributed by atoms with Gasteiger partial charge in [0.1, 0.15) is 23.0 Å². The summed E-state index contributed by atoms with van der Waals surface area (Å²) >= 11 is 1.83. The molecule has 0 spiro atoms. The van der Waals surface area contributed by atoms with Gasteiger partial charge in [0.2, 0.25) is 0 Å². The molecule has 13 rings (SSSR count). The van der Waals surface area contributed by atoms with Crippen molar-refractivity contribution < 1.29 is 9.47 Å². The molecular weight excluding hydrogens is 727 g/mol. The van der Waals surface area contributed by atoms with Gasteiger partial charge in [-0.3, -0.25) is 0 Å². The van der Waals surface area contributed by atoms with Gasteiger partial charge >= 0.3 is 0 Å². The standard InChI is InChI=1S/C52H35BN2O2S/c1-52(2,3)30-24-25-44-37(26-30)53-38-29-43(55-41-21-11-6-16-34(41)35-17-7-12-22-42(35)55)48-36-18-8-13-23-47(36)58-51(48)50(38)57-46-28-31(27-45(56-44)49(46)53)54-39-19-9-4-14-32(39)33-15-5-10-20-40(33)54/h4-29H,1-3H3. The predicted octanol–water partition coefficient (Wildman–Crippen LogP) is 12.3. The maximum atomic E-state index is 7.40. The first-order chi connectivity index (χ1) is 28.4. The summed E-state index contributed by atoms with van der Waals surface area (Å²) in [5.74, 6) is 3.48. The highest BCUT2D eigenvalue weighted by atomic mass is 32.1. The third kappa shape index (κ3) is 4.30. The van der Waals surface area contributed by atoms with E-state index < -0.39 is 0 Å². The van der Waals surface area contributed by atoms with E-state index in [1.165, 1.54) is 64.8 Å². The van der Waals surface area contributed by atoms with Crippen molar-refractivity contribution in [2.45, 2.75) is 26.2 Å². The molecule has 11 aromatic rings. The minimum absolute atomic E-state index is 0.0455. The molecule has 0 N–H and O–H groups in total. The largest absolute Gasteiger partial charge is 0.458 e. The third-order valence-electron chi connectivity index (χ3n) is 12.6. The van der Waals surface area contributed by atoms with Crippen LogP contribution in [0, 0.1) is 0 Å². The molecule has 0 saturated carbocycles. The second-order valence-corrected chi connectivity index (χ2v) is 17.9. The van der Waals surface area contributed by atoms with Gasteiger partial charge in [-0.25, -0.2) is 0 Å². The molecule has 0 unspecified atom stereocenters. The van der Waals surface area contributed by atoms with E-state index in [9.17, 15) is 0 Å². The Balaban J connectivity index is 1.16. The Morgan fingerprint density at radius 1 is 0.500 bits per heavy atom. The maximum Gasteiger partial charge on any atom is 0.260 e. The normalized spacial score (nSPS) is 13.3. The van der Waals surface area contributed by atoms with Gasteiger partial charge in [-0.05, 0) is 64.4 Å². The number of nitrogens with zero attached hydrogens (tertiary/aromatic N) is 2. The van der Waals surface area contributed by atoms with E-state index >= 15 is 0 Å². The molecule has 2 aliphatic rings. The van der Waals surface area contributed by atoms with Crippen LogP contribution in [0.5, 0.6) is 23.0 Å². The molecule has 3 aromatic heterocycles. The molecule has 0 bridgehead atoms. The minimum atomic E-state index is -0.117. The van der Waals surface area contributed by atoms with Crippen LogP contribution in [0.1, 0.15) is 26.3 Å². The summed E-state index contributed by atoms with van der Waals surface area (Å²) in [5, 5.41) is 7.38. The number of thiophene rings is 1. The lowest BCUT2D eigenvalue weighted by Gasteiger charge is -2.35. The number of benzene rings is 8. The zero-order chi connectivity index (χ0) is 38.4. The fourth-order valence-electron chi connectivity index (χ4n) is 9.96. The first-order valence-corrected chi connectivity index (χ1v) is 20.9. The first-order valence-electron chi connectivity index (χ1n) is 20.0. The van der Waals surface area contributed by atoms with Crippen LogP contribution in [0.2, 0.25) is 0 Å². The Kier molecular flexibility index (Phi) is 6.37. The van der Waals surface area contributed by atoms with E-state index in [0.29, 0.717) is 0 Å². The molecule has 58 heavy (non-hydrogen) atoms. The average Bonchev–Trinajstić information content (AvgIpc) is 3.91. The predicted molar refractivity (Wildman–Crippen MR) is 244 cm³/mol. The van der Waals surface area contributed by atoms with E-state index in [-0.39, 0.29) is 12.1 Å². The monoisotopic (exact) mass is 762 g/mol. The van der Waals surface area contributed by atoms with Crippen molar-refractivity contribution >= 4 is 98.2 Å². The second-order valence-electron chi connectivity index (χ2n) is 16.9. The van der Waals surface area contributed by atoms with E-state index in [0.717, 1.165) is 55.3 Å². The molecule has 0 saturated heterocycles. The summed E-state index contributed by atoms with van der Waals surface area (Å²) in [4.78, 5) is 0. The van der Waals surface area contributed by atoms with Crippen molar-refractivity contribution in [1.29, 1.82) is 0 Å². The fourth-order valence-corrected chi connectivity index (χ4v) is 11.2. The maximum absolute atomic E-state index is 7.40. The highest BCUT2D eigenvalue weighted by Crippen LogP contribution is 2.48. The zero-order valence-electron chi connectivity index (χ0n) is 32.2. The Bertz CT molecular complexity index is 3480. The fraction of sp³-hybridized carbons (Fsp3) is 0.0769. The summed E-state index contributed by atoms with van der Waals surface area (Å²) in [6.07, 6.45) is 0. The summed E-state index contributed by atoms with van der Waals surface area (Å²) in [6.45, 7) is 6.74. The Hall–Kier alpha value is -6.76. The molecule has 0 aliphatic carbocycles. The molecule has 2 aliphatic heterocycles. The van der Waals surface area contributed by atoms with E-state index in [1.807, 2.05) is 11.3 Å². The highest BCUT2D eigenvalue weighted by molar-refractivity contribution is 7.26. The van der Waals surface area contributed by atoms with Gasteiger partial charge in [-0.1, -0.05) is 124 Å². The minimum Gasteiger partial charge on any atom is -0.458 e. The first kappa shape index (κ1) is 32.3. The Labute approximate surface area is 339 Å². The van der Waals surface area contributed by atoms with Crippen molar-refractivity contribution in [2.24, 2.45) is 0 Å². The molecule has 5 heterocycles. The lowest BCUT2D eigenvalue weighted by Crippen LogP contribution is -2.57. The SMILES string of the molecule is CC(C)(C)c1ccc2c(c1)B1c3cc(-n4c5ccccc5c5ccccc54)c4c(sc5ccccc54)c3Oc3cc(-n4c5ccccc5c5ccccc54)cc(c31)O2. The summed E-state index contributed by atoms with van der Waals surface area (Å²) < 4.78 is 21.7. The van der Waals surface area contributed by atoms with Crippen LogP contribution < -0.4 is 25.9 Å². The second kappa shape index (κ2) is 11.4. The molecule has 4 nitrogen and oxygen atoms in total. The van der Waals surface area contributed by atoms with Crippen LogP contribution in [-0.2, 0) is 5.41 Å². The molecule has 0 fully saturated rings. The molecule has 0 radical (unpaired) electrons. The van der Waals surface area contributed by atoms with Crippen molar-refractivity contribution in [1.82, 2.24) is 9.13 Å². The van der Waals surface area contributed by atoms with Crippen LogP contribution in [0.3, 0.4) is 0 Å². The number of para-hydroxylation sites is 4. The van der Waals surface area contributed by atoms with Gasteiger partial charge in [-0.15, -0.1) is 11.3 Å². The van der Waals surface area contributed by atoms with E-state index in [1.54, 1.807) is 0 Å². The van der Waals surface area contributed by atoms with Gasteiger partial charge in [-0.2, -0.15) is 0 Å². The molecule has 0 atom stereocenters. The van der Waals surface area contributed by atoms with Gasteiger partial charge < -0.3 is 18.6 Å². The number of ether oxygens (including phenoxy) is 2. The summed E-state index contributed by atoms with van der Waals surface area (Å²) in [5.41, 5.74) is 11.5. The Morgan fingerprint density at radius 3 is 1.64 bits per heavy atom. The lowest BCUT2D eigenvalue weighted by molar-refractivity contribution is 0.466. The van der Waals surface area contributed by atoms with Crippen LogP contribution in [-0.4, -0.2) is 15.8 Å². The number of fused-ring (bicyclic) bond motifs is 14. The number of rotatable bonds is 2. The van der Waals surface area contributed by atoms with Crippen LogP contribution >= 0.6 is 11.3 Å². The number of hydrogen-bond acceptors (Lipinski definition) is 3. The number of aromatic nitrogens is 2. The van der Waals surface area contributed by atoms with Crippen LogP contribution in [0.25, 0.3) is 75.2 Å². The van der Waals surface area contributed by atoms with E-state index in [2.05, 4.69) is 188 Å². The van der Waals surface area contributed by atoms with Crippen molar-refractivity contribution in [3.8, 4) is 34.4 Å². The summed E-state index contributed by atoms with van der Waals surface area (Å²) in [6, 6.07) is 57.5. The molecule has 0 amide bonds. The third-order valence-corrected chi connectivity index (χ3v) is 13.7. The van der Waals surface area contributed by atoms with Crippen LogP contribution in [0.15, 0.2) is 158 Å². The van der Waals surface area contributed by atoms with Gasteiger partial charge in [0.05, 0.1) is 38.1 Å². The highest BCUT2D eigenvalue weighted by Gasteiger charge is 2.43. The quantitative estimate of drug-likeness (QED) is 0.164. The van der Waals surface area contributed by atoms with Crippen molar-refractivity contribution in [3.63, 3.8) is 0 Å². The van der Waals surface area contributed by atoms with Gasteiger partial charge in [0.25, 0.3) is 6.71 Å². The smallest absolute Gasteiger partial charge is 0.260 e. The van der Waals surface area contributed by atoms with E-state index in [4.69, 9.17) is 9.47 Å². The molecular formula is C52H35BN2O2S. The molecule has 8 aromatic carbocycles. The van der Waals surface area contributed by atoms with Gasteiger partial charge in [0.15, 0.2) is 0 Å². The van der Waals surface area contributed by atoms with Crippen LogP contribution in [0.4, 0.5) is 0 Å². The number of hydrogen-bond donors (Lipinski definition) is 0. The average molecular weight is 763 g/mol. The molecule has 6 heteroatoms. The Morgan fingerprint density at radius 2 is 1.03 bits per heavy atom. The van der Waals surface area contributed by atoms with Gasteiger partial charge in [0, 0.05) is 54.6 Å². The zero-order valence-corrected chi connectivity index (χ0v) is 33.0. The van der Waals surface area contributed by atoms with Crippen molar-refractivity contribution in [2.75, 3.05) is 0 Å². The van der Waals surface area contributed by atoms with Crippen molar-refractivity contribution in [3.05, 3.63) is 163 Å². The summed E-state index contributed by atoms with van der Waals surface area (Å²) in [7, 11) is 0. The lowest BCUT2D eigenvalue weighted by atomic mass is 9.34.